The van der Waals surface area contributed by atoms with Crippen LogP contribution in [-0.2, 0) is 0 Å². The van der Waals surface area contributed by atoms with Gasteiger partial charge in [-0.1, -0.05) is 24.0 Å². The Morgan fingerprint density at radius 1 is 1.14 bits per heavy atom. The van der Waals surface area contributed by atoms with E-state index in [1.165, 1.54) is 12.1 Å². The molecule has 0 saturated carbocycles. The van der Waals surface area contributed by atoms with Crippen molar-refractivity contribution >= 4 is 12.4 Å². The molecule has 0 aliphatic rings. The van der Waals surface area contributed by atoms with Crippen LogP contribution in [0.5, 0.6) is 0 Å². The minimum Gasteiger partial charge on any atom is -0.445 e. The maximum absolute atomic E-state index is 12.2. The van der Waals surface area contributed by atoms with Crippen molar-refractivity contribution in [3.8, 4) is 11.8 Å². The van der Waals surface area contributed by atoms with Crippen LogP contribution in [-0.4, -0.2) is 18.7 Å². The van der Waals surface area contributed by atoms with Gasteiger partial charge in [-0.15, -0.1) is 5.46 Å². The first-order valence-corrected chi connectivity index (χ1v) is 3.93. The van der Waals surface area contributed by atoms with E-state index in [4.69, 9.17) is 5.11 Å². The maximum Gasteiger partial charge on any atom is 0.509 e. The topological polar surface area (TPSA) is 20.2 Å². The summed E-state index contributed by atoms with van der Waals surface area (Å²) in [5, 5.41) is 8.36. The first-order valence-electron chi connectivity index (χ1n) is 3.93. The molecule has 0 aliphatic carbocycles. The monoisotopic (exact) mass is 199 g/mol. The average Bonchev–Trinajstić information content (AvgIpc) is 2.14. The van der Waals surface area contributed by atoms with Crippen LogP contribution < -0.4 is 5.46 Å². The molecule has 74 valence electrons. The van der Waals surface area contributed by atoms with Crippen LogP contribution in [0.15, 0.2) is 24.3 Å². The van der Waals surface area contributed by atoms with Crippen molar-refractivity contribution in [3.63, 3.8) is 0 Å². The zero-order chi connectivity index (χ0) is 10.6. The molecular formula is C9H7BF3O-. The van der Waals surface area contributed by atoms with E-state index >= 15 is 0 Å². The van der Waals surface area contributed by atoms with Crippen molar-refractivity contribution in [1.82, 2.24) is 0 Å². The van der Waals surface area contributed by atoms with E-state index in [2.05, 4.69) is 11.8 Å². The maximum atomic E-state index is 12.2. The van der Waals surface area contributed by atoms with Crippen molar-refractivity contribution in [3.05, 3.63) is 29.8 Å². The van der Waals surface area contributed by atoms with E-state index < -0.39 is 12.4 Å². The van der Waals surface area contributed by atoms with E-state index in [9.17, 15) is 12.9 Å². The van der Waals surface area contributed by atoms with E-state index in [1.54, 1.807) is 0 Å². The molecule has 5 heteroatoms. The van der Waals surface area contributed by atoms with Gasteiger partial charge in [0.15, 0.2) is 0 Å². The molecular weight excluding hydrogens is 192 g/mol. The Balaban J connectivity index is 2.89. The second-order valence-corrected chi connectivity index (χ2v) is 2.66. The predicted octanol–water partition coefficient (Wildman–Crippen LogP) is 1.08. The van der Waals surface area contributed by atoms with Crippen LogP contribution in [0.1, 0.15) is 5.56 Å². The fourth-order valence-electron chi connectivity index (χ4n) is 0.926. The Hall–Kier alpha value is -1.41. The number of aliphatic hydroxyl groups is 1. The minimum absolute atomic E-state index is 0.301. The van der Waals surface area contributed by atoms with Gasteiger partial charge in [-0.3, -0.25) is 0 Å². The average molecular weight is 199 g/mol. The lowest BCUT2D eigenvalue weighted by Crippen LogP contribution is -2.33. The quantitative estimate of drug-likeness (QED) is 0.530. The fourth-order valence-corrected chi connectivity index (χ4v) is 0.926. The Labute approximate surface area is 79.6 Å². The van der Waals surface area contributed by atoms with E-state index in [0.717, 1.165) is 12.1 Å². The molecule has 1 nitrogen and oxygen atoms in total. The van der Waals surface area contributed by atoms with E-state index in [0.29, 0.717) is 5.56 Å². The molecule has 0 aromatic heterocycles. The molecule has 0 bridgehead atoms. The summed E-state index contributed by atoms with van der Waals surface area (Å²) >= 11 is 0. The zero-order valence-electron chi connectivity index (χ0n) is 7.17. The van der Waals surface area contributed by atoms with Crippen LogP contribution in [0.4, 0.5) is 12.9 Å². The fraction of sp³-hybridized carbons (Fsp3) is 0.111. The number of aliphatic hydroxyl groups excluding tert-OH is 1. The third-order valence-corrected chi connectivity index (χ3v) is 1.60. The summed E-state index contributed by atoms with van der Waals surface area (Å²) in [6, 6.07) is 4.54. The summed E-state index contributed by atoms with van der Waals surface area (Å²) in [6.45, 7) is -5.23. The van der Waals surface area contributed by atoms with Gasteiger partial charge in [-0.25, -0.2) is 0 Å². The molecule has 1 aromatic carbocycles. The normalized spacial score (nSPS) is 10.6. The highest BCUT2D eigenvalue weighted by atomic mass is 19.4. The lowest BCUT2D eigenvalue weighted by atomic mass is 9.80. The molecule has 14 heavy (non-hydrogen) atoms. The largest absolute Gasteiger partial charge is 0.509 e. The second-order valence-electron chi connectivity index (χ2n) is 2.66. The lowest BCUT2D eigenvalue weighted by Gasteiger charge is -2.13. The third kappa shape index (κ3) is 2.82. The lowest BCUT2D eigenvalue weighted by molar-refractivity contribution is 0.350. The molecule has 0 amide bonds. The molecule has 0 saturated heterocycles. The zero-order valence-corrected chi connectivity index (χ0v) is 7.17. The highest BCUT2D eigenvalue weighted by Gasteiger charge is 2.24. The Kier molecular flexibility index (Phi) is 3.21. The summed E-state index contributed by atoms with van der Waals surface area (Å²) in [5.74, 6) is 4.86. The van der Waals surface area contributed by atoms with Gasteiger partial charge in [0, 0.05) is 5.56 Å². The van der Waals surface area contributed by atoms with Gasteiger partial charge in [0.2, 0.25) is 0 Å². The molecule has 1 aromatic rings. The highest BCUT2D eigenvalue weighted by molar-refractivity contribution is 6.73. The number of halogens is 3. The number of benzene rings is 1. The predicted molar refractivity (Wildman–Crippen MR) is 49.1 cm³/mol. The van der Waals surface area contributed by atoms with E-state index in [1.807, 2.05) is 0 Å². The molecule has 0 fully saturated rings. The van der Waals surface area contributed by atoms with Gasteiger partial charge in [0.25, 0.3) is 0 Å². The summed E-state index contributed by atoms with van der Waals surface area (Å²) in [7, 11) is 0. The van der Waals surface area contributed by atoms with Crippen LogP contribution in [0.3, 0.4) is 0 Å². The van der Waals surface area contributed by atoms with Crippen molar-refractivity contribution in [2.45, 2.75) is 0 Å². The molecule has 0 atom stereocenters. The standard InChI is InChI=1S/C9H7BF3O/c11-10(12,13)9-5-3-8(4-6-9)2-1-7-14/h3-6,14H,7H2/q-1. The summed E-state index contributed by atoms with van der Waals surface area (Å²) in [5.41, 5.74) is -0.178. The Bertz CT molecular complexity index is 358. The first kappa shape index (κ1) is 10.7. The van der Waals surface area contributed by atoms with E-state index in [-0.39, 0.29) is 6.61 Å². The Morgan fingerprint density at radius 2 is 1.71 bits per heavy atom. The van der Waals surface area contributed by atoms with Gasteiger partial charge in [0.05, 0.1) is 0 Å². The summed E-state index contributed by atoms with van der Waals surface area (Å²) < 4.78 is 36.5. The molecule has 0 spiro atoms. The van der Waals surface area contributed by atoms with Crippen molar-refractivity contribution in [2.24, 2.45) is 0 Å². The summed E-state index contributed by atoms with van der Waals surface area (Å²) in [4.78, 5) is 0. The van der Waals surface area contributed by atoms with Gasteiger partial charge in [-0.2, -0.15) is 0 Å². The van der Waals surface area contributed by atoms with Crippen LogP contribution in [0.2, 0.25) is 0 Å². The van der Waals surface area contributed by atoms with Gasteiger partial charge < -0.3 is 18.1 Å². The third-order valence-electron chi connectivity index (χ3n) is 1.60. The number of rotatable bonds is 1. The van der Waals surface area contributed by atoms with Crippen LogP contribution in [0.25, 0.3) is 0 Å². The van der Waals surface area contributed by atoms with Crippen molar-refractivity contribution in [2.75, 3.05) is 6.61 Å². The minimum atomic E-state index is -4.93. The van der Waals surface area contributed by atoms with Gasteiger partial charge in [0.1, 0.15) is 6.61 Å². The Morgan fingerprint density at radius 3 is 2.14 bits per heavy atom. The first-order chi connectivity index (χ1) is 6.54. The molecule has 0 radical (unpaired) electrons. The SMILES string of the molecule is OCC#Cc1ccc([B-](F)(F)F)cc1. The van der Waals surface area contributed by atoms with Crippen molar-refractivity contribution < 1.29 is 18.1 Å². The number of hydrogen-bond donors (Lipinski definition) is 1. The number of hydrogen-bond acceptors (Lipinski definition) is 1. The molecule has 0 heterocycles. The van der Waals surface area contributed by atoms with Crippen LogP contribution >= 0.6 is 0 Å². The smallest absolute Gasteiger partial charge is 0.445 e. The molecule has 0 aliphatic heterocycles. The molecule has 1 rings (SSSR count). The molecule has 0 unspecified atom stereocenters. The highest BCUT2D eigenvalue weighted by Crippen LogP contribution is 2.08. The summed E-state index contributed by atoms with van der Waals surface area (Å²) in [6.07, 6.45) is 0. The van der Waals surface area contributed by atoms with Crippen LogP contribution in [0, 0.1) is 11.8 Å². The second kappa shape index (κ2) is 4.20. The molecule has 1 N–H and O–H groups in total. The van der Waals surface area contributed by atoms with Gasteiger partial charge >= 0.3 is 6.98 Å². The van der Waals surface area contributed by atoms with Crippen molar-refractivity contribution in [1.29, 1.82) is 0 Å². The van der Waals surface area contributed by atoms with Gasteiger partial charge in [-0.05, 0) is 12.1 Å².